The Morgan fingerprint density at radius 3 is 2.58 bits per heavy atom. The van der Waals surface area contributed by atoms with Crippen molar-refractivity contribution in [3.63, 3.8) is 0 Å². The van der Waals surface area contributed by atoms with E-state index >= 15 is 0 Å². The third-order valence-electron chi connectivity index (χ3n) is 6.43. The van der Waals surface area contributed by atoms with Crippen LogP contribution in [0.3, 0.4) is 0 Å². The van der Waals surface area contributed by atoms with Gasteiger partial charge in [0.25, 0.3) is 5.91 Å². The van der Waals surface area contributed by atoms with Gasteiger partial charge in [-0.1, -0.05) is 53.6 Å². The number of aryl methyl sites for hydroxylation is 2. The quantitative estimate of drug-likeness (QED) is 0.550. The van der Waals surface area contributed by atoms with Crippen LogP contribution in [-0.4, -0.2) is 29.0 Å². The summed E-state index contributed by atoms with van der Waals surface area (Å²) in [6.45, 7) is 6.62. The molecular formula is C26H27ClN4O2. The molecule has 1 N–H and O–H groups in total. The van der Waals surface area contributed by atoms with Crippen LogP contribution in [0.15, 0.2) is 48.7 Å². The van der Waals surface area contributed by atoms with E-state index in [1.165, 1.54) is 12.0 Å². The number of anilines is 1. The van der Waals surface area contributed by atoms with Gasteiger partial charge < -0.3 is 15.0 Å². The molecule has 2 aliphatic rings. The number of piperidine rings is 1. The van der Waals surface area contributed by atoms with E-state index in [4.69, 9.17) is 16.3 Å². The first-order chi connectivity index (χ1) is 16.0. The lowest BCUT2D eigenvalue weighted by Crippen LogP contribution is -2.27. The van der Waals surface area contributed by atoms with E-state index in [9.17, 15) is 4.79 Å². The zero-order valence-corrected chi connectivity index (χ0v) is 19.6. The summed E-state index contributed by atoms with van der Waals surface area (Å²) in [5.74, 6) is 2.16. The highest BCUT2D eigenvalue weighted by atomic mass is 35.5. The fourth-order valence-electron chi connectivity index (χ4n) is 4.20. The third-order valence-corrected chi connectivity index (χ3v) is 6.84. The van der Waals surface area contributed by atoms with E-state index in [0.29, 0.717) is 29.0 Å². The van der Waals surface area contributed by atoms with Gasteiger partial charge >= 0.3 is 0 Å². The van der Waals surface area contributed by atoms with Crippen LogP contribution in [-0.2, 0) is 13.2 Å². The number of fused-ring (bicyclic) bond motifs is 1. The Morgan fingerprint density at radius 2 is 1.85 bits per heavy atom. The number of aromatic nitrogens is 2. The van der Waals surface area contributed by atoms with E-state index < -0.39 is 0 Å². The van der Waals surface area contributed by atoms with E-state index in [-0.39, 0.29) is 12.5 Å². The minimum Gasteiger partial charge on any atom is -0.472 e. The van der Waals surface area contributed by atoms with Crippen molar-refractivity contribution in [3.05, 3.63) is 81.5 Å². The second-order valence-corrected chi connectivity index (χ2v) is 9.50. The zero-order valence-electron chi connectivity index (χ0n) is 18.8. The molecule has 1 aliphatic carbocycles. The molecule has 1 saturated heterocycles. The monoisotopic (exact) mass is 462 g/mol. The van der Waals surface area contributed by atoms with Crippen LogP contribution in [0, 0.1) is 25.7 Å². The van der Waals surface area contributed by atoms with Crippen molar-refractivity contribution in [2.75, 3.05) is 18.0 Å². The van der Waals surface area contributed by atoms with Crippen LogP contribution in [0.1, 0.15) is 39.0 Å². The Kier molecular flexibility index (Phi) is 5.94. The summed E-state index contributed by atoms with van der Waals surface area (Å²) in [6.07, 6.45) is 2.88. The predicted octanol–water partition coefficient (Wildman–Crippen LogP) is 4.71. The molecule has 5 rings (SSSR count). The van der Waals surface area contributed by atoms with E-state index in [1.54, 1.807) is 6.20 Å². The molecule has 2 atom stereocenters. The lowest BCUT2D eigenvalue weighted by molar-refractivity contribution is 0.0945. The Bertz CT molecular complexity index is 1170. The number of hydrogen-bond donors (Lipinski definition) is 1. The summed E-state index contributed by atoms with van der Waals surface area (Å²) < 4.78 is 6.05. The number of nitrogens with one attached hydrogen (secondary N) is 1. The van der Waals surface area contributed by atoms with Gasteiger partial charge in [-0.2, -0.15) is 4.98 Å². The van der Waals surface area contributed by atoms with Gasteiger partial charge in [0.1, 0.15) is 12.2 Å². The lowest BCUT2D eigenvalue weighted by atomic mass is 10.1. The molecule has 7 heteroatoms. The number of ether oxygens (including phenoxy) is 1. The summed E-state index contributed by atoms with van der Waals surface area (Å²) >= 11 is 6.26. The largest absolute Gasteiger partial charge is 0.472 e. The SMILES string of the molecule is Cc1ccc(CNC(=O)c2cnc(N3CC4CC4C3)nc2OCc2ccc(C)c(Cl)c2)cc1. The van der Waals surface area contributed by atoms with Crippen molar-refractivity contribution >= 4 is 23.5 Å². The Hall–Kier alpha value is -3.12. The number of carbonyl (C=O) groups is 1. The van der Waals surface area contributed by atoms with Gasteiger partial charge in [-0.15, -0.1) is 0 Å². The number of benzene rings is 2. The molecule has 0 radical (unpaired) electrons. The number of carbonyl (C=O) groups excluding carboxylic acids is 1. The zero-order chi connectivity index (χ0) is 22.9. The second-order valence-electron chi connectivity index (χ2n) is 9.09. The maximum atomic E-state index is 13.0. The standard InChI is InChI=1S/C26H27ClN4O2/c1-16-3-6-18(7-4-16)11-28-24(32)22-12-29-26(31-13-20-10-21(20)14-31)30-25(22)33-15-19-8-5-17(2)23(27)9-19/h3-9,12,20-21H,10-11,13-15H2,1-2H3,(H,28,32). The van der Waals surface area contributed by atoms with Crippen LogP contribution in [0.5, 0.6) is 5.88 Å². The number of nitrogens with zero attached hydrogens (tertiary/aromatic N) is 3. The van der Waals surface area contributed by atoms with Crippen molar-refractivity contribution in [2.24, 2.45) is 11.8 Å². The molecule has 33 heavy (non-hydrogen) atoms. The van der Waals surface area contributed by atoms with Crippen molar-refractivity contribution in [1.82, 2.24) is 15.3 Å². The van der Waals surface area contributed by atoms with Gasteiger partial charge in [-0.25, -0.2) is 4.98 Å². The molecule has 170 valence electrons. The number of rotatable bonds is 7. The van der Waals surface area contributed by atoms with Crippen LogP contribution < -0.4 is 15.0 Å². The minimum absolute atomic E-state index is 0.261. The average Bonchev–Trinajstić information content (AvgIpc) is 3.43. The minimum atomic E-state index is -0.261. The maximum Gasteiger partial charge on any atom is 0.258 e. The van der Waals surface area contributed by atoms with Gasteiger partial charge in [0, 0.05) is 30.9 Å². The summed E-state index contributed by atoms with van der Waals surface area (Å²) in [6, 6.07) is 13.9. The number of halogens is 1. The van der Waals surface area contributed by atoms with Gasteiger partial charge in [-0.05, 0) is 54.9 Å². The van der Waals surface area contributed by atoms with E-state index in [0.717, 1.165) is 41.6 Å². The van der Waals surface area contributed by atoms with Crippen molar-refractivity contribution in [2.45, 2.75) is 33.4 Å². The predicted molar refractivity (Wildman–Crippen MR) is 129 cm³/mol. The molecule has 2 aromatic carbocycles. The summed E-state index contributed by atoms with van der Waals surface area (Å²) in [4.78, 5) is 24.3. The number of hydrogen-bond acceptors (Lipinski definition) is 5. The van der Waals surface area contributed by atoms with Crippen LogP contribution >= 0.6 is 11.6 Å². The maximum absolute atomic E-state index is 13.0. The Balaban J connectivity index is 1.34. The molecule has 1 aromatic heterocycles. The second kappa shape index (κ2) is 9.02. The molecule has 2 fully saturated rings. The van der Waals surface area contributed by atoms with Crippen LogP contribution in [0.4, 0.5) is 5.95 Å². The van der Waals surface area contributed by atoms with Crippen LogP contribution in [0.2, 0.25) is 5.02 Å². The molecule has 2 unspecified atom stereocenters. The summed E-state index contributed by atoms with van der Waals surface area (Å²) in [5.41, 5.74) is 4.46. The topological polar surface area (TPSA) is 67.4 Å². The van der Waals surface area contributed by atoms with Crippen molar-refractivity contribution in [1.29, 1.82) is 0 Å². The first-order valence-corrected chi connectivity index (χ1v) is 11.7. The highest BCUT2D eigenvalue weighted by Crippen LogP contribution is 2.45. The normalized spacial score (nSPS) is 18.7. The van der Waals surface area contributed by atoms with Crippen LogP contribution in [0.25, 0.3) is 0 Å². The molecule has 1 saturated carbocycles. The smallest absolute Gasteiger partial charge is 0.258 e. The third kappa shape index (κ3) is 4.96. The van der Waals surface area contributed by atoms with Gasteiger partial charge in [0.2, 0.25) is 11.8 Å². The molecule has 1 aliphatic heterocycles. The first kappa shape index (κ1) is 21.7. The molecular weight excluding hydrogens is 436 g/mol. The molecule has 2 heterocycles. The van der Waals surface area contributed by atoms with E-state index in [2.05, 4.69) is 20.2 Å². The number of amides is 1. The highest BCUT2D eigenvalue weighted by molar-refractivity contribution is 6.31. The van der Waals surface area contributed by atoms with E-state index in [1.807, 2.05) is 56.3 Å². The molecule has 3 aromatic rings. The first-order valence-electron chi connectivity index (χ1n) is 11.3. The van der Waals surface area contributed by atoms with Gasteiger partial charge in [-0.3, -0.25) is 4.79 Å². The highest BCUT2D eigenvalue weighted by Gasteiger charge is 2.46. The lowest BCUT2D eigenvalue weighted by Gasteiger charge is -2.19. The van der Waals surface area contributed by atoms with Gasteiger partial charge in [0.05, 0.1) is 0 Å². The summed E-state index contributed by atoms with van der Waals surface area (Å²) in [5, 5.41) is 3.65. The fraction of sp³-hybridized carbons (Fsp3) is 0.346. The Labute approximate surface area is 199 Å². The molecule has 1 amide bonds. The van der Waals surface area contributed by atoms with Gasteiger partial charge in [0.15, 0.2) is 0 Å². The Morgan fingerprint density at radius 1 is 1.12 bits per heavy atom. The van der Waals surface area contributed by atoms with Crippen molar-refractivity contribution in [3.8, 4) is 5.88 Å². The molecule has 6 nitrogen and oxygen atoms in total. The van der Waals surface area contributed by atoms with Crippen molar-refractivity contribution < 1.29 is 9.53 Å². The summed E-state index contributed by atoms with van der Waals surface area (Å²) in [7, 11) is 0. The molecule has 0 bridgehead atoms. The molecule has 0 spiro atoms. The fourth-order valence-corrected chi connectivity index (χ4v) is 4.40. The average molecular weight is 463 g/mol.